The summed E-state index contributed by atoms with van der Waals surface area (Å²) >= 11 is 3.32. The Morgan fingerprint density at radius 2 is 1.96 bits per heavy atom. The van der Waals surface area contributed by atoms with Crippen molar-refractivity contribution in [2.75, 3.05) is 13.7 Å². The number of amides is 1. The first-order chi connectivity index (χ1) is 11.5. The number of carbonyl (C=O) groups excluding carboxylic acids is 1. The molecule has 0 atom stereocenters. The number of rotatable bonds is 6. The highest BCUT2D eigenvalue weighted by molar-refractivity contribution is 9.10. The summed E-state index contributed by atoms with van der Waals surface area (Å²) in [5, 5.41) is 13.8. The molecule has 7 heteroatoms. The number of ether oxygens (including phenoxy) is 2. The Kier molecular flexibility index (Phi) is 6.20. The van der Waals surface area contributed by atoms with E-state index in [4.69, 9.17) is 9.47 Å². The van der Waals surface area contributed by atoms with Gasteiger partial charge in [0.05, 0.1) is 12.8 Å². The van der Waals surface area contributed by atoms with Gasteiger partial charge in [-0.15, -0.1) is 0 Å². The summed E-state index contributed by atoms with van der Waals surface area (Å²) in [5.74, 6) is 0.679. The lowest BCUT2D eigenvalue weighted by atomic mass is 10.1. The summed E-state index contributed by atoms with van der Waals surface area (Å²) in [6.07, 6.45) is 0. The Hall–Kier alpha value is -2.54. The van der Waals surface area contributed by atoms with Crippen LogP contribution in [0.1, 0.15) is 12.5 Å². The topological polar surface area (TPSA) is 80.2 Å². The van der Waals surface area contributed by atoms with Crippen LogP contribution in [-0.2, 0) is 4.79 Å². The van der Waals surface area contributed by atoms with Crippen molar-refractivity contribution in [1.82, 2.24) is 5.43 Å². The second-order valence-corrected chi connectivity index (χ2v) is 5.75. The molecule has 0 radical (unpaired) electrons. The summed E-state index contributed by atoms with van der Waals surface area (Å²) in [6.45, 7) is 1.48. The van der Waals surface area contributed by atoms with Crippen LogP contribution in [0.2, 0.25) is 0 Å². The molecule has 0 aromatic heterocycles. The van der Waals surface area contributed by atoms with Crippen LogP contribution < -0.4 is 14.9 Å². The van der Waals surface area contributed by atoms with E-state index in [0.29, 0.717) is 22.8 Å². The van der Waals surface area contributed by atoms with Gasteiger partial charge in [-0.05, 0) is 37.3 Å². The van der Waals surface area contributed by atoms with Crippen LogP contribution in [0.25, 0.3) is 0 Å². The van der Waals surface area contributed by atoms with Crippen molar-refractivity contribution in [2.45, 2.75) is 6.92 Å². The molecule has 2 aromatic rings. The maximum absolute atomic E-state index is 11.8. The third-order valence-corrected chi connectivity index (χ3v) is 3.62. The fraction of sp³-hybridized carbons (Fsp3) is 0.176. The van der Waals surface area contributed by atoms with Gasteiger partial charge in [-0.2, -0.15) is 5.10 Å². The van der Waals surface area contributed by atoms with Crippen molar-refractivity contribution in [3.63, 3.8) is 0 Å². The Balaban J connectivity index is 1.96. The molecule has 0 saturated heterocycles. The van der Waals surface area contributed by atoms with Crippen molar-refractivity contribution in [2.24, 2.45) is 5.10 Å². The molecule has 0 unspecified atom stereocenters. The summed E-state index contributed by atoms with van der Waals surface area (Å²) in [4.78, 5) is 11.8. The summed E-state index contributed by atoms with van der Waals surface area (Å²) < 4.78 is 11.4. The molecule has 0 aliphatic rings. The number of phenols is 1. The average Bonchev–Trinajstić information content (AvgIpc) is 2.60. The van der Waals surface area contributed by atoms with Crippen LogP contribution in [0.5, 0.6) is 17.2 Å². The van der Waals surface area contributed by atoms with Gasteiger partial charge in [-0.3, -0.25) is 4.79 Å². The van der Waals surface area contributed by atoms with Crippen LogP contribution in [0.4, 0.5) is 0 Å². The van der Waals surface area contributed by atoms with Crippen molar-refractivity contribution in [3.8, 4) is 17.2 Å². The number of benzene rings is 2. The number of hydrogen-bond donors (Lipinski definition) is 2. The maximum atomic E-state index is 11.8. The average molecular weight is 393 g/mol. The van der Waals surface area contributed by atoms with E-state index in [-0.39, 0.29) is 12.4 Å². The summed E-state index contributed by atoms with van der Waals surface area (Å²) in [6, 6.07) is 12.0. The molecule has 0 heterocycles. The summed E-state index contributed by atoms with van der Waals surface area (Å²) in [7, 11) is 1.53. The minimum atomic E-state index is -0.422. The van der Waals surface area contributed by atoms with Gasteiger partial charge < -0.3 is 14.6 Å². The van der Waals surface area contributed by atoms with Gasteiger partial charge in [-0.1, -0.05) is 28.1 Å². The number of methoxy groups -OCH3 is 1. The van der Waals surface area contributed by atoms with Crippen LogP contribution in [-0.4, -0.2) is 30.4 Å². The first-order valence-corrected chi connectivity index (χ1v) is 7.88. The predicted molar refractivity (Wildman–Crippen MR) is 94.6 cm³/mol. The number of halogens is 1. The molecular formula is C17H17BrN2O4. The Bertz CT molecular complexity index is 762. The van der Waals surface area contributed by atoms with E-state index < -0.39 is 5.91 Å². The minimum Gasteiger partial charge on any atom is -0.507 e. The SMILES string of the molecule is COc1ccccc1OCC(=O)N/N=C(\C)c1cc(Br)ccc1O. The highest BCUT2D eigenvalue weighted by Gasteiger charge is 2.08. The maximum Gasteiger partial charge on any atom is 0.277 e. The molecule has 0 fully saturated rings. The molecule has 0 spiro atoms. The van der Waals surface area contributed by atoms with Gasteiger partial charge in [0.1, 0.15) is 5.75 Å². The van der Waals surface area contributed by atoms with Gasteiger partial charge in [0.15, 0.2) is 18.1 Å². The molecule has 24 heavy (non-hydrogen) atoms. The first-order valence-electron chi connectivity index (χ1n) is 7.09. The molecule has 0 aliphatic carbocycles. The van der Waals surface area contributed by atoms with E-state index in [1.54, 1.807) is 43.3 Å². The number of hydrazone groups is 1. The minimum absolute atomic E-state index is 0.0824. The van der Waals surface area contributed by atoms with E-state index in [9.17, 15) is 9.90 Å². The van der Waals surface area contributed by atoms with Crippen molar-refractivity contribution < 1.29 is 19.4 Å². The number of nitrogens with one attached hydrogen (secondary N) is 1. The Morgan fingerprint density at radius 1 is 1.25 bits per heavy atom. The van der Waals surface area contributed by atoms with Gasteiger partial charge >= 0.3 is 0 Å². The lowest BCUT2D eigenvalue weighted by molar-refractivity contribution is -0.123. The number of aromatic hydroxyl groups is 1. The highest BCUT2D eigenvalue weighted by atomic mass is 79.9. The quantitative estimate of drug-likeness (QED) is 0.584. The Labute approximate surface area is 148 Å². The zero-order chi connectivity index (χ0) is 17.5. The zero-order valence-corrected chi connectivity index (χ0v) is 14.8. The molecule has 2 rings (SSSR count). The number of para-hydroxylation sites is 2. The summed E-state index contributed by atoms with van der Waals surface area (Å²) in [5.41, 5.74) is 3.39. The highest BCUT2D eigenvalue weighted by Crippen LogP contribution is 2.25. The monoisotopic (exact) mass is 392 g/mol. The molecule has 0 bridgehead atoms. The molecule has 2 N–H and O–H groups in total. The molecule has 6 nitrogen and oxygen atoms in total. The van der Waals surface area contributed by atoms with E-state index >= 15 is 0 Å². The number of carbonyl (C=O) groups is 1. The van der Waals surface area contributed by atoms with Crippen molar-refractivity contribution in [3.05, 3.63) is 52.5 Å². The van der Waals surface area contributed by atoms with E-state index in [0.717, 1.165) is 4.47 Å². The zero-order valence-electron chi connectivity index (χ0n) is 13.2. The normalized spacial score (nSPS) is 11.0. The lowest BCUT2D eigenvalue weighted by Gasteiger charge is -2.09. The smallest absolute Gasteiger partial charge is 0.277 e. The van der Waals surface area contributed by atoms with Crippen molar-refractivity contribution >= 4 is 27.5 Å². The second-order valence-electron chi connectivity index (χ2n) is 4.83. The van der Waals surface area contributed by atoms with Crippen LogP contribution in [0.15, 0.2) is 52.0 Å². The van der Waals surface area contributed by atoms with Gasteiger partial charge in [0, 0.05) is 10.0 Å². The molecule has 0 aliphatic heterocycles. The van der Waals surface area contributed by atoms with E-state index in [1.807, 2.05) is 6.07 Å². The number of hydrogen-bond acceptors (Lipinski definition) is 5. The molecule has 126 valence electrons. The standard InChI is InChI=1S/C17H17BrN2O4/c1-11(13-9-12(18)7-8-14(13)21)19-20-17(22)10-24-16-6-4-3-5-15(16)23-2/h3-9,21H,10H2,1-2H3,(H,20,22)/b19-11+. The number of phenolic OH excluding ortho intramolecular Hbond substituents is 1. The van der Waals surface area contributed by atoms with Gasteiger partial charge in [0.25, 0.3) is 5.91 Å². The van der Waals surface area contributed by atoms with Crippen LogP contribution in [0, 0.1) is 0 Å². The van der Waals surface area contributed by atoms with Crippen LogP contribution in [0.3, 0.4) is 0 Å². The van der Waals surface area contributed by atoms with Gasteiger partial charge in [0.2, 0.25) is 0 Å². The molecular weight excluding hydrogens is 376 g/mol. The largest absolute Gasteiger partial charge is 0.507 e. The van der Waals surface area contributed by atoms with E-state index in [1.165, 1.54) is 7.11 Å². The fourth-order valence-corrected chi connectivity index (χ4v) is 2.28. The third-order valence-electron chi connectivity index (χ3n) is 3.12. The van der Waals surface area contributed by atoms with Gasteiger partial charge in [-0.25, -0.2) is 5.43 Å². The Morgan fingerprint density at radius 3 is 2.67 bits per heavy atom. The first kappa shape index (κ1) is 17.8. The lowest BCUT2D eigenvalue weighted by Crippen LogP contribution is -2.25. The predicted octanol–water partition coefficient (Wildman–Crippen LogP) is 3.08. The number of nitrogens with zero attached hydrogens (tertiary/aromatic N) is 1. The van der Waals surface area contributed by atoms with E-state index in [2.05, 4.69) is 26.5 Å². The van der Waals surface area contributed by atoms with Crippen molar-refractivity contribution in [1.29, 1.82) is 0 Å². The molecule has 2 aromatic carbocycles. The molecule has 0 saturated carbocycles. The van der Waals surface area contributed by atoms with Crippen LogP contribution >= 0.6 is 15.9 Å². The second kappa shape index (κ2) is 8.35. The third kappa shape index (κ3) is 4.73. The molecule has 1 amide bonds. The fourth-order valence-electron chi connectivity index (χ4n) is 1.92.